The number of halogens is 1. The molecule has 140 valence electrons. The minimum atomic E-state index is -0.233. The number of rotatable bonds is 7. The molecule has 0 aliphatic carbocycles. The van der Waals surface area contributed by atoms with Gasteiger partial charge in [-0.2, -0.15) is 0 Å². The zero-order chi connectivity index (χ0) is 19.1. The molecule has 0 saturated carbocycles. The molecule has 0 atom stereocenters. The van der Waals surface area contributed by atoms with Gasteiger partial charge in [0.15, 0.2) is 0 Å². The minimum Gasteiger partial charge on any atom is -0.361 e. The van der Waals surface area contributed by atoms with Crippen molar-refractivity contribution >= 4 is 38.6 Å². The molecule has 0 bridgehead atoms. The highest BCUT2D eigenvalue weighted by atomic mass is 79.9. The summed E-state index contributed by atoms with van der Waals surface area (Å²) in [6.07, 6.45) is 5.08. The summed E-state index contributed by atoms with van der Waals surface area (Å²) in [5, 5.41) is 1.02. The van der Waals surface area contributed by atoms with Crippen molar-refractivity contribution in [1.82, 2.24) is 15.8 Å². The Morgan fingerprint density at radius 1 is 0.926 bits per heavy atom. The van der Waals surface area contributed by atoms with Crippen molar-refractivity contribution in [3.05, 3.63) is 70.3 Å². The van der Waals surface area contributed by atoms with E-state index in [1.165, 1.54) is 5.56 Å². The third kappa shape index (κ3) is 5.69. The van der Waals surface area contributed by atoms with Gasteiger partial charge < -0.3 is 4.98 Å². The molecule has 1 aromatic heterocycles. The average molecular weight is 428 g/mol. The molecular weight excluding hydrogens is 406 g/mol. The van der Waals surface area contributed by atoms with Gasteiger partial charge in [-0.3, -0.25) is 20.4 Å². The fourth-order valence-corrected chi connectivity index (χ4v) is 3.23. The van der Waals surface area contributed by atoms with Gasteiger partial charge in [-0.05, 0) is 48.6 Å². The Bertz CT molecular complexity index is 919. The topological polar surface area (TPSA) is 74.0 Å². The van der Waals surface area contributed by atoms with E-state index in [9.17, 15) is 9.59 Å². The van der Waals surface area contributed by atoms with Crippen LogP contribution in [0, 0.1) is 0 Å². The molecular formula is C21H22BrN3O2. The van der Waals surface area contributed by atoms with Crippen LogP contribution >= 0.6 is 15.9 Å². The zero-order valence-electron chi connectivity index (χ0n) is 14.9. The number of para-hydroxylation sites is 1. The number of carbonyl (C=O) groups excluding carboxylic acids is 2. The second-order valence-corrected chi connectivity index (χ2v) is 7.38. The number of aryl methyl sites for hydroxylation is 1. The Kier molecular flexibility index (Phi) is 6.65. The lowest BCUT2D eigenvalue weighted by molar-refractivity contribution is -0.128. The van der Waals surface area contributed by atoms with Gasteiger partial charge in [0, 0.05) is 28.0 Å². The van der Waals surface area contributed by atoms with E-state index in [4.69, 9.17) is 0 Å². The molecule has 3 aromatic rings. The van der Waals surface area contributed by atoms with Crippen molar-refractivity contribution in [2.24, 2.45) is 0 Å². The molecule has 0 radical (unpaired) electrons. The number of hydrazine groups is 1. The summed E-state index contributed by atoms with van der Waals surface area (Å²) in [5.74, 6) is -0.402. The molecule has 2 amide bonds. The van der Waals surface area contributed by atoms with Crippen LogP contribution in [-0.4, -0.2) is 16.8 Å². The highest BCUT2D eigenvalue weighted by Crippen LogP contribution is 2.18. The SMILES string of the molecule is O=C(CCCCc1ccc(Br)cc1)NNC(=O)Cc1c[nH]c2ccccc12. The van der Waals surface area contributed by atoms with E-state index >= 15 is 0 Å². The Balaban J connectivity index is 1.35. The van der Waals surface area contributed by atoms with E-state index in [1.807, 2.05) is 42.6 Å². The first-order chi connectivity index (χ1) is 13.1. The summed E-state index contributed by atoms with van der Waals surface area (Å²) < 4.78 is 1.06. The van der Waals surface area contributed by atoms with Crippen LogP contribution in [0.15, 0.2) is 59.2 Å². The average Bonchev–Trinajstić information content (AvgIpc) is 3.08. The maximum atomic E-state index is 12.1. The Morgan fingerprint density at radius 2 is 1.67 bits per heavy atom. The lowest BCUT2D eigenvalue weighted by atomic mass is 10.1. The van der Waals surface area contributed by atoms with Crippen LogP contribution in [0.1, 0.15) is 30.4 Å². The molecule has 0 unspecified atom stereocenters. The predicted octanol–water partition coefficient (Wildman–Crippen LogP) is 4.03. The molecule has 1 heterocycles. The van der Waals surface area contributed by atoms with Gasteiger partial charge in [-0.15, -0.1) is 0 Å². The van der Waals surface area contributed by atoms with Crippen molar-refractivity contribution in [2.75, 3.05) is 0 Å². The first-order valence-corrected chi connectivity index (χ1v) is 9.78. The normalized spacial score (nSPS) is 10.7. The minimum absolute atomic E-state index is 0.168. The maximum absolute atomic E-state index is 12.1. The summed E-state index contributed by atoms with van der Waals surface area (Å²) in [6.45, 7) is 0. The smallest absolute Gasteiger partial charge is 0.242 e. The van der Waals surface area contributed by atoms with Gasteiger partial charge in [0.25, 0.3) is 0 Å². The van der Waals surface area contributed by atoms with Crippen molar-refractivity contribution in [1.29, 1.82) is 0 Å². The van der Waals surface area contributed by atoms with Crippen molar-refractivity contribution in [3.63, 3.8) is 0 Å². The molecule has 0 saturated heterocycles. The molecule has 0 aliphatic rings. The van der Waals surface area contributed by atoms with Gasteiger partial charge in [-0.25, -0.2) is 0 Å². The number of aromatic nitrogens is 1. The summed E-state index contributed by atoms with van der Waals surface area (Å²) in [7, 11) is 0. The summed E-state index contributed by atoms with van der Waals surface area (Å²) in [4.78, 5) is 27.1. The highest BCUT2D eigenvalue weighted by molar-refractivity contribution is 9.10. The fraction of sp³-hybridized carbons (Fsp3) is 0.238. The van der Waals surface area contributed by atoms with Crippen LogP contribution in [0.25, 0.3) is 10.9 Å². The van der Waals surface area contributed by atoms with E-state index in [1.54, 1.807) is 0 Å². The number of aromatic amines is 1. The van der Waals surface area contributed by atoms with Crippen molar-refractivity contribution < 1.29 is 9.59 Å². The van der Waals surface area contributed by atoms with Crippen LogP contribution in [0.2, 0.25) is 0 Å². The van der Waals surface area contributed by atoms with Crippen LogP contribution in [0.5, 0.6) is 0 Å². The molecule has 0 fully saturated rings. The fourth-order valence-electron chi connectivity index (χ4n) is 2.96. The molecule has 3 N–H and O–H groups in total. The summed E-state index contributed by atoms with van der Waals surface area (Å²) >= 11 is 3.42. The third-order valence-electron chi connectivity index (χ3n) is 4.40. The lowest BCUT2D eigenvalue weighted by Gasteiger charge is -2.07. The number of nitrogens with one attached hydrogen (secondary N) is 3. The van der Waals surface area contributed by atoms with Crippen LogP contribution in [0.3, 0.4) is 0 Å². The van der Waals surface area contributed by atoms with Crippen molar-refractivity contribution in [3.8, 4) is 0 Å². The number of hydrogen-bond acceptors (Lipinski definition) is 2. The first kappa shape index (κ1) is 19.2. The number of H-pyrrole nitrogens is 1. The van der Waals surface area contributed by atoms with E-state index < -0.39 is 0 Å². The second-order valence-electron chi connectivity index (χ2n) is 6.47. The molecule has 2 aromatic carbocycles. The standard InChI is InChI=1S/C21H22BrN3O2/c22-17-11-9-15(10-12-17)5-1-4-8-20(26)24-25-21(27)13-16-14-23-19-7-3-2-6-18(16)19/h2-3,6-7,9-12,14,23H,1,4-5,8,13H2,(H,24,26)(H,25,27). The van der Waals surface area contributed by atoms with Gasteiger partial charge >= 0.3 is 0 Å². The number of unbranched alkanes of at least 4 members (excludes halogenated alkanes) is 1. The molecule has 6 heteroatoms. The largest absolute Gasteiger partial charge is 0.361 e. The highest BCUT2D eigenvalue weighted by Gasteiger charge is 2.09. The van der Waals surface area contributed by atoms with E-state index in [-0.39, 0.29) is 18.2 Å². The lowest BCUT2D eigenvalue weighted by Crippen LogP contribution is -2.42. The van der Waals surface area contributed by atoms with Crippen LogP contribution in [-0.2, 0) is 22.4 Å². The van der Waals surface area contributed by atoms with Gasteiger partial charge in [0.1, 0.15) is 0 Å². The zero-order valence-corrected chi connectivity index (χ0v) is 16.5. The Labute approximate surface area is 166 Å². The molecule has 3 rings (SSSR count). The number of amides is 2. The maximum Gasteiger partial charge on any atom is 0.242 e. The second kappa shape index (κ2) is 9.37. The number of hydrogen-bond donors (Lipinski definition) is 3. The summed E-state index contributed by atoms with van der Waals surface area (Å²) in [5.41, 5.74) is 8.15. The number of carbonyl (C=O) groups is 2. The molecule has 0 aliphatic heterocycles. The van der Waals surface area contributed by atoms with Gasteiger partial charge in [0.2, 0.25) is 11.8 Å². The first-order valence-electron chi connectivity index (χ1n) is 8.99. The van der Waals surface area contributed by atoms with Crippen molar-refractivity contribution in [2.45, 2.75) is 32.1 Å². The Hall–Kier alpha value is -2.60. The van der Waals surface area contributed by atoms with E-state index in [2.05, 4.69) is 43.9 Å². The molecule has 27 heavy (non-hydrogen) atoms. The van der Waals surface area contributed by atoms with E-state index in [0.717, 1.165) is 40.2 Å². The van der Waals surface area contributed by atoms with Gasteiger partial charge in [0.05, 0.1) is 6.42 Å². The third-order valence-corrected chi connectivity index (χ3v) is 4.93. The number of fused-ring (bicyclic) bond motifs is 1. The summed E-state index contributed by atoms with van der Waals surface area (Å²) in [6, 6.07) is 16.0. The molecule has 5 nitrogen and oxygen atoms in total. The number of benzene rings is 2. The van der Waals surface area contributed by atoms with Gasteiger partial charge in [-0.1, -0.05) is 46.3 Å². The monoisotopic (exact) mass is 427 g/mol. The predicted molar refractivity (Wildman–Crippen MR) is 110 cm³/mol. The van der Waals surface area contributed by atoms with Crippen LogP contribution < -0.4 is 10.9 Å². The molecule has 0 spiro atoms. The van der Waals surface area contributed by atoms with E-state index in [0.29, 0.717) is 6.42 Å². The van der Waals surface area contributed by atoms with Crippen LogP contribution in [0.4, 0.5) is 0 Å². The Morgan fingerprint density at radius 3 is 2.48 bits per heavy atom. The quantitative estimate of drug-likeness (QED) is 0.393.